The summed E-state index contributed by atoms with van der Waals surface area (Å²) < 4.78 is 16.8. The van der Waals surface area contributed by atoms with E-state index in [1.54, 1.807) is 31.2 Å². The monoisotopic (exact) mass is 459 g/mol. The van der Waals surface area contributed by atoms with Crippen LogP contribution >= 0.6 is 0 Å². The zero-order chi connectivity index (χ0) is 24.1. The normalized spacial score (nSPS) is 12.1. The predicted molar refractivity (Wildman–Crippen MR) is 127 cm³/mol. The minimum atomic E-state index is -0.382. The molecule has 0 unspecified atom stereocenters. The molecule has 0 aromatic heterocycles. The molecule has 0 bridgehead atoms. The van der Waals surface area contributed by atoms with E-state index in [0.29, 0.717) is 24.7 Å². The van der Waals surface area contributed by atoms with Gasteiger partial charge in [-0.1, -0.05) is 42.5 Å². The number of rotatable bonds is 9. The average Bonchev–Trinajstić information content (AvgIpc) is 2.83. The Morgan fingerprint density at radius 1 is 0.794 bits per heavy atom. The van der Waals surface area contributed by atoms with Gasteiger partial charge < -0.3 is 19.5 Å². The molecule has 0 heterocycles. The molecule has 1 N–H and O–H groups in total. The second-order valence-corrected chi connectivity index (χ2v) is 7.63. The number of anilines is 1. The van der Waals surface area contributed by atoms with Crippen LogP contribution in [-0.2, 0) is 16.1 Å². The highest BCUT2D eigenvalue weighted by molar-refractivity contribution is 6.30. The van der Waals surface area contributed by atoms with Gasteiger partial charge in [0.1, 0.15) is 18.1 Å². The maximum atomic E-state index is 13.4. The standard InChI is InChI=1S/C27H25NO6/c1-3-33-21-12-8-11-19-24(21)27(31)25-20(26(19)30)13-18(14-22(25)34-4-2)28-23(29)16-32-15-17-9-6-5-7-10-17/h5-14H,3-4,15-16H2,1-2H3,(H,28,29). The van der Waals surface area contributed by atoms with Gasteiger partial charge in [0.2, 0.25) is 11.7 Å². The van der Waals surface area contributed by atoms with Gasteiger partial charge in [0, 0.05) is 22.9 Å². The SMILES string of the molecule is CCOc1cccc2c1C(=O)c1c(OCC)cc(NC(=O)COCc3ccccc3)cc1C2=O. The molecule has 0 saturated heterocycles. The Kier molecular flexibility index (Phi) is 7.04. The topological polar surface area (TPSA) is 90.9 Å². The molecule has 7 nitrogen and oxygen atoms in total. The molecular weight excluding hydrogens is 434 g/mol. The van der Waals surface area contributed by atoms with E-state index in [4.69, 9.17) is 14.2 Å². The van der Waals surface area contributed by atoms with E-state index in [2.05, 4.69) is 5.32 Å². The van der Waals surface area contributed by atoms with Crippen molar-refractivity contribution in [2.45, 2.75) is 20.5 Å². The fourth-order valence-electron chi connectivity index (χ4n) is 3.90. The molecule has 1 aliphatic rings. The number of carbonyl (C=O) groups excluding carboxylic acids is 3. The third kappa shape index (κ3) is 4.70. The molecule has 0 radical (unpaired) electrons. The lowest BCUT2D eigenvalue weighted by Gasteiger charge is -2.23. The van der Waals surface area contributed by atoms with Crippen molar-refractivity contribution in [3.05, 3.63) is 88.5 Å². The Morgan fingerprint density at radius 3 is 2.24 bits per heavy atom. The van der Waals surface area contributed by atoms with Gasteiger partial charge in [0.05, 0.1) is 30.9 Å². The molecular formula is C27H25NO6. The summed E-state index contributed by atoms with van der Waals surface area (Å²) in [6.07, 6.45) is 0. The molecule has 1 amide bonds. The Labute approximate surface area is 197 Å². The summed E-state index contributed by atoms with van der Waals surface area (Å²) >= 11 is 0. The van der Waals surface area contributed by atoms with Crippen molar-refractivity contribution in [3.63, 3.8) is 0 Å². The highest BCUT2D eigenvalue weighted by Gasteiger charge is 2.35. The van der Waals surface area contributed by atoms with Crippen molar-refractivity contribution < 1.29 is 28.6 Å². The van der Waals surface area contributed by atoms with Crippen LogP contribution in [0.25, 0.3) is 0 Å². The number of ether oxygens (including phenoxy) is 3. The van der Waals surface area contributed by atoms with Gasteiger partial charge in [0.25, 0.3) is 0 Å². The Bertz CT molecular complexity index is 1240. The summed E-state index contributed by atoms with van der Waals surface area (Å²) in [5, 5.41) is 2.74. The van der Waals surface area contributed by atoms with Crippen molar-refractivity contribution >= 4 is 23.2 Å². The van der Waals surface area contributed by atoms with Crippen LogP contribution in [0.3, 0.4) is 0 Å². The summed E-state index contributed by atoms with van der Waals surface area (Å²) in [5.41, 5.74) is 2.15. The van der Waals surface area contributed by atoms with Gasteiger partial charge in [0.15, 0.2) is 5.78 Å². The Morgan fingerprint density at radius 2 is 1.50 bits per heavy atom. The fraction of sp³-hybridized carbons (Fsp3) is 0.222. The highest BCUT2D eigenvalue weighted by atomic mass is 16.5. The van der Waals surface area contributed by atoms with Crippen molar-refractivity contribution in [2.75, 3.05) is 25.1 Å². The van der Waals surface area contributed by atoms with Gasteiger partial charge in [-0.2, -0.15) is 0 Å². The maximum absolute atomic E-state index is 13.4. The summed E-state index contributed by atoms with van der Waals surface area (Å²) in [6, 6.07) is 17.5. The highest BCUT2D eigenvalue weighted by Crippen LogP contribution is 2.39. The number of fused-ring (bicyclic) bond motifs is 2. The van der Waals surface area contributed by atoms with Crippen molar-refractivity contribution in [1.82, 2.24) is 0 Å². The largest absolute Gasteiger partial charge is 0.493 e. The molecule has 0 spiro atoms. The number of hydrogen-bond acceptors (Lipinski definition) is 6. The molecule has 3 aromatic rings. The van der Waals surface area contributed by atoms with Crippen molar-refractivity contribution in [1.29, 1.82) is 0 Å². The summed E-state index contributed by atoms with van der Waals surface area (Å²) in [6.45, 7) is 4.38. The molecule has 1 aliphatic carbocycles. The fourth-order valence-corrected chi connectivity index (χ4v) is 3.90. The van der Waals surface area contributed by atoms with E-state index in [9.17, 15) is 14.4 Å². The van der Waals surface area contributed by atoms with Crippen molar-refractivity contribution in [2.24, 2.45) is 0 Å². The summed E-state index contributed by atoms with van der Waals surface area (Å²) in [7, 11) is 0. The second kappa shape index (κ2) is 10.3. The van der Waals surface area contributed by atoms with E-state index in [0.717, 1.165) is 5.56 Å². The minimum absolute atomic E-state index is 0.163. The number of ketones is 2. The van der Waals surface area contributed by atoms with Crippen LogP contribution in [0.15, 0.2) is 60.7 Å². The van der Waals surface area contributed by atoms with E-state index in [-0.39, 0.29) is 58.7 Å². The van der Waals surface area contributed by atoms with Crippen LogP contribution in [0, 0.1) is 0 Å². The zero-order valence-corrected chi connectivity index (χ0v) is 19.1. The second-order valence-electron chi connectivity index (χ2n) is 7.63. The maximum Gasteiger partial charge on any atom is 0.250 e. The third-order valence-corrected chi connectivity index (χ3v) is 5.30. The molecule has 3 aromatic carbocycles. The molecule has 174 valence electrons. The van der Waals surface area contributed by atoms with Gasteiger partial charge in [-0.25, -0.2) is 0 Å². The van der Waals surface area contributed by atoms with Crippen LogP contribution in [0.5, 0.6) is 11.5 Å². The molecule has 0 saturated carbocycles. The van der Waals surface area contributed by atoms with Crippen LogP contribution < -0.4 is 14.8 Å². The molecule has 4 rings (SSSR count). The quantitative estimate of drug-likeness (QED) is 0.399. The molecule has 0 aliphatic heterocycles. The van der Waals surface area contributed by atoms with Crippen molar-refractivity contribution in [3.8, 4) is 11.5 Å². The van der Waals surface area contributed by atoms with Gasteiger partial charge in [-0.3, -0.25) is 14.4 Å². The van der Waals surface area contributed by atoms with Crippen LogP contribution in [-0.4, -0.2) is 37.3 Å². The molecule has 0 fully saturated rings. The number of nitrogens with one attached hydrogen (secondary N) is 1. The van der Waals surface area contributed by atoms with Crippen LogP contribution in [0.4, 0.5) is 5.69 Å². The van der Waals surface area contributed by atoms with E-state index in [1.165, 1.54) is 6.07 Å². The lowest BCUT2D eigenvalue weighted by Crippen LogP contribution is -2.24. The minimum Gasteiger partial charge on any atom is -0.493 e. The van der Waals surface area contributed by atoms with Gasteiger partial charge in [-0.15, -0.1) is 0 Å². The van der Waals surface area contributed by atoms with E-state index in [1.807, 2.05) is 37.3 Å². The summed E-state index contributed by atoms with van der Waals surface area (Å²) in [5.74, 6) is -0.466. The number of benzene rings is 3. The number of carbonyl (C=O) groups is 3. The first kappa shape index (κ1) is 23.2. The zero-order valence-electron chi connectivity index (χ0n) is 19.1. The van der Waals surface area contributed by atoms with Gasteiger partial charge >= 0.3 is 0 Å². The number of hydrogen-bond donors (Lipinski definition) is 1. The Hall–Kier alpha value is -3.97. The van der Waals surface area contributed by atoms with E-state index < -0.39 is 0 Å². The first-order valence-corrected chi connectivity index (χ1v) is 11.1. The van der Waals surface area contributed by atoms with Crippen LogP contribution in [0.2, 0.25) is 0 Å². The lowest BCUT2D eigenvalue weighted by atomic mass is 9.82. The van der Waals surface area contributed by atoms with Crippen LogP contribution in [0.1, 0.15) is 51.3 Å². The number of amides is 1. The average molecular weight is 459 g/mol. The molecule has 34 heavy (non-hydrogen) atoms. The Balaban J connectivity index is 1.59. The summed E-state index contributed by atoms with van der Waals surface area (Å²) in [4.78, 5) is 39.2. The smallest absolute Gasteiger partial charge is 0.250 e. The molecule has 0 atom stereocenters. The third-order valence-electron chi connectivity index (χ3n) is 5.30. The molecule has 7 heteroatoms. The first-order chi connectivity index (χ1) is 16.5. The van der Waals surface area contributed by atoms with E-state index >= 15 is 0 Å². The predicted octanol–water partition coefficient (Wildman–Crippen LogP) is 4.41. The van der Waals surface area contributed by atoms with Gasteiger partial charge in [-0.05, 0) is 31.5 Å². The lowest BCUT2D eigenvalue weighted by molar-refractivity contribution is -0.121. The first-order valence-electron chi connectivity index (χ1n) is 11.1.